The number of amides is 2. The van der Waals surface area contributed by atoms with E-state index in [1.807, 2.05) is 6.92 Å². The maximum Gasteiger partial charge on any atom is 0.239 e. The van der Waals surface area contributed by atoms with Gasteiger partial charge < -0.3 is 15.5 Å². The zero-order chi connectivity index (χ0) is 12.7. The van der Waals surface area contributed by atoms with Crippen molar-refractivity contribution in [2.75, 3.05) is 26.7 Å². The summed E-state index contributed by atoms with van der Waals surface area (Å²) in [5.41, 5.74) is 0. The van der Waals surface area contributed by atoms with Crippen molar-refractivity contribution in [1.82, 2.24) is 15.5 Å². The molecule has 17 heavy (non-hydrogen) atoms. The van der Waals surface area contributed by atoms with Crippen molar-refractivity contribution in [2.45, 2.75) is 38.6 Å². The Hall–Kier alpha value is -1.10. The molecule has 1 fully saturated rings. The fourth-order valence-corrected chi connectivity index (χ4v) is 2.09. The van der Waals surface area contributed by atoms with E-state index in [0.717, 1.165) is 25.8 Å². The van der Waals surface area contributed by atoms with Crippen LogP contribution in [0.5, 0.6) is 0 Å². The lowest BCUT2D eigenvalue weighted by Crippen LogP contribution is -2.42. The van der Waals surface area contributed by atoms with Gasteiger partial charge in [0.15, 0.2) is 0 Å². The molecule has 1 saturated heterocycles. The fraction of sp³-hybridized carbons (Fsp3) is 0.833. The summed E-state index contributed by atoms with van der Waals surface area (Å²) in [6.45, 7) is 3.84. The lowest BCUT2D eigenvalue weighted by molar-refractivity contribution is -0.136. The van der Waals surface area contributed by atoms with Crippen LogP contribution in [0.15, 0.2) is 0 Å². The molecule has 1 rings (SSSR count). The summed E-state index contributed by atoms with van der Waals surface area (Å²) in [6, 6.07) is 0.298. The molecule has 5 heteroatoms. The molecular formula is C12H23N3O2. The van der Waals surface area contributed by atoms with Gasteiger partial charge in [-0.25, -0.2) is 0 Å². The molecule has 0 aromatic heterocycles. The van der Waals surface area contributed by atoms with Gasteiger partial charge in [-0.3, -0.25) is 9.59 Å². The van der Waals surface area contributed by atoms with Crippen LogP contribution < -0.4 is 10.6 Å². The molecule has 0 aromatic carbocycles. The van der Waals surface area contributed by atoms with Gasteiger partial charge in [-0.15, -0.1) is 0 Å². The summed E-state index contributed by atoms with van der Waals surface area (Å²) in [5, 5.41) is 5.86. The van der Waals surface area contributed by atoms with Gasteiger partial charge in [0.05, 0.1) is 6.54 Å². The van der Waals surface area contributed by atoms with E-state index in [0.29, 0.717) is 19.0 Å². The van der Waals surface area contributed by atoms with E-state index < -0.39 is 0 Å². The van der Waals surface area contributed by atoms with E-state index >= 15 is 0 Å². The van der Waals surface area contributed by atoms with Crippen LogP contribution in [-0.2, 0) is 9.59 Å². The van der Waals surface area contributed by atoms with Gasteiger partial charge in [-0.05, 0) is 25.8 Å². The van der Waals surface area contributed by atoms with Crippen molar-refractivity contribution in [3.8, 4) is 0 Å². The Balaban J connectivity index is 2.43. The molecule has 0 aliphatic carbocycles. The van der Waals surface area contributed by atoms with Crippen molar-refractivity contribution < 1.29 is 9.59 Å². The molecule has 1 aliphatic heterocycles. The maximum absolute atomic E-state index is 12.0. The van der Waals surface area contributed by atoms with E-state index in [9.17, 15) is 9.59 Å². The van der Waals surface area contributed by atoms with Gasteiger partial charge >= 0.3 is 0 Å². The predicted octanol–water partition coefficient (Wildman–Crippen LogP) is 0.113. The topological polar surface area (TPSA) is 61.4 Å². The van der Waals surface area contributed by atoms with Crippen LogP contribution in [0.25, 0.3) is 0 Å². The number of hydrogen-bond acceptors (Lipinski definition) is 3. The third-order valence-corrected chi connectivity index (χ3v) is 3.04. The molecule has 0 bridgehead atoms. The smallest absolute Gasteiger partial charge is 0.239 e. The highest BCUT2D eigenvalue weighted by Crippen LogP contribution is 2.10. The van der Waals surface area contributed by atoms with Crippen LogP contribution in [0.3, 0.4) is 0 Å². The Morgan fingerprint density at radius 3 is 2.76 bits per heavy atom. The molecule has 2 N–H and O–H groups in total. The Kier molecular flexibility index (Phi) is 5.97. The second-order valence-electron chi connectivity index (χ2n) is 4.49. The first-order valence-corrected chi connectivity index (χ1v) is 6.39. The summed E-state index contributed by atoms with van der Waals surface area (Å²) >= 11 is 0. The first kappa shape index (κ1) is 14.0. The number of nitrogens with zero attached hydrogens (tertiary/aromatic N) is 1. The van der Waals surface area contributed by atoms with Crippen LogP contribution in [0.4, 0.5) is 0 Å². The van der Waals surface area contributed by atoms with Crippen LogP contribution in [-0.4, -0.2) is 49.4 Å². The normalized spacial score (nSPS) is 19.1. The molecule has 1 heterocycles. The molecule has 1 unspecified atom stereocenters. The molecule has 0 aromatic rings. The van der Waals surface area contributed by atoms with Crippen LogP contribution >= 0.6 is 0 Å². The lowest BCUT2D eigenvalue weighted by Gasteiger charge is -2.22. The van der Waals surface area contributed by atoms with Gasteiger partial charge in [0, 0.05) is 26.1 Å². The third-order valence-electron chi connectivity index (χ3n) is 3.04. The number of likely N-dealkylation sites (N-methyl/N-ethyl adjacent to an activating group) is 1. The minimum absolute atomic E-state index is 0.0786. The zero-order valence-electron chi connectivity index (χ0n) is 10.8. The molecule has 1 aliphatic rings. The standard InChI is InChI=1S/C12H23N3O2/c1-3-7-15(9-11(16)13-2)12(17)8-10-5-4-6-14-10/h10,14H,3-9H2,1-2H3,(H,13,16). The summed E-state index contributed by atoms with van der Waals surface area (Å²) in [5.74, 6) is -0.0268. The van der Waals surface area contributed by atoms with Crippen LogP contribution in [0.2, 0.25) is 0 Å². The number of nitrogens with one attached hydrogen (secondary N) is 2. The molecular weight excluding hydrogens is 218 g/mol. The van der Waals surface area contributed by atoms with Gasteiger partial charge in [-0.2, -0.15) is 0 Å². The molecule has 5 nitrogen and oxygen atoms in total. The molecule has 98 valence electrons. The average molecular weight is 241 g/mol. The molecule has 2 amide bonds. The monoisotopic (exact) mass is 241 g/mol. The zero-order valence-corrected chi connectivity index (χ0v) is 10.8. The summed E-state index contributed by atoms with van der Waals surface area (Å²) in [7, 11) is 1.59. The third kappa shape index (κ3) is 4.73. The second-order valence-corrected chi connectivity index (χ2v) is 4.49. The number of rotatable bonds is 6. The Bertz CT molecular complexity index is 262. The second kappa shape index (κ2) is 7.27. The van der Waals surface area contributed by atoms with E-state index in [-0.39, 0.29) is 18.4 Å². The quantitative estimate of drug-likeness (QED) is 0.694. The number of carbonyl (C=O) groups excluding carboxylic acids is 2. The molecule has 0 radical (unpaired) electrons. The van der Waals surface area contributed by atoms with Gasteiger partial charge in [0.2, 0.25) is 11.8 Å². The summed E-state index contributed by atoms with van der Waals surface area (Å²) in [4.78, 5) is 25.0. The van der Waals surface area contributed by atoms with E-state index in [1.165, 1.54) is 0 Å². The first-order chi connectivity index (χ1) is 8.17. The summed E-state index contributed by atoms with van der Waals surface area (Å²) < 4.78 is 0. The van der Waals surface area contributed by atoms with Crippen molar-refractivity contribution in [3.63, 3.8) is 0 Å². The Labute approximate surface area is 103 Å². The van der Waals surface area contributed by atoms with Crippen molar-refractivity contribution in [3.05, 3.63) is 0 Å². The van der Waals surface area contributed by atoms with E-state index in [1.54, 1.807) is 11.9 Å². The number of hydrogen-bond donors (Lipinski definition) is 2. The van der Waals surface area contributed by atoms with E-state index in [4.69, 9.17) is 0 Å². The highest BCUT2D eigenvalue weighted by molar-refractivity contribution is 5.84. The van der Waals surface area contributed by atoms with Crippen molar-refractivity contribution in [1.29, 1.82) is 0 Å². The van der Waals surface area contributed by atoms with E-state index in [2.05, 4.69) is 10.6 Å². The minimum atomic E-state index is -0.105. The highest BCUT2D eigenvalue weighted by atomic mass is 16.2. The predicted molar refractivity (Wildman–Crippen MR) is 66.6 cm³/mol. The largest absolute Gasteiger partial charge is 0.358 e. The maximum atomic E-state index is 12.0. The number of carbonyl (C=O) groups is 2. The van der Waals surface area contributed by atoms with Crippen LogP contribution in [0.1, 0.15) is 32.6 Å². The molecule has 0 saturated carbocycles. The Morgan fingerprint density at radius 1 is 1.47 bits per heavy atom. The summed E-state index contributed by atoms with van der Waals surface area (Å²) in [6.07, 6.45) is 3.59. The lowest BCUT2D eigenvalue weighted by atomic mass is 10.1. The van der Waals surface area contributed by atoms with Crippen LogP contribution in [0, 0.1) is 0 Å². The molecule has 0 spiro atoms. The van der Waals surface area contributed by atoms with Crippen molar-refractivity contribution >= 4 is 11.8 Å². The molecule has 1 atom stereocenters. The first-order valence-electron chi connectivity index (χ1n) is 6.39. The SMILES string of the molecule is CCCN(CC(=O)NC)C(=O)CC1CCCN1. The van der Waals surface area contributed by atoms with Gasteiger partial charge in [0.25, 0.3) is 0 Å². The minimum Gasteiger partial charge on any atom is -0.358 e. The van der Waals surface area contributed by atoms with Gasteiger partial charge in [-0.1, -0.05) is 6.92 Å². The highest BCUT2D eigenvalue weighted by Gasteiger charge is 2.22. The average Bonchev–Trinajstić information content (AvgIpc) is 2.81. The fourth-order valence-electron chi connectivity index (χ4n) is 2.09. The van der Waals surface area contributed by atoms with Gasteiger partial charge in [0.1, 0.15) is 0 Å². The Morgan fingerprint density at radius 2 is 2.24 bits per heavy atom. The van der Waals surface area contributed by atoms with Crippen molar-refractivity contribution in [2.24, 2.45) is 0 Å².